The van der Waals surface area contributed by atoms with Crippen molar-refractivity contribution in [2.45, 2.75) is 64.2 Å². The second-order valence-electron chi connectivity index (χ2n) is 5.07. The third-order valence-corrected chi connectivity index (χ3v) is 3.56. The highest BCUT2D eigenvalue weighted by atomic mass is 16.1. The summed E-state index contributed by atoms with van der Waals surface area (Å²) in [6.07, 6.45) is 10.8. The first-order valence-corrected chi connectivity index (χ1v) is 7.37. The van der Waals surface area contributed by atoms with Gasteiger partial charge in [0, 0.05) is 6.42 Å². The summed E-state index contributed by atoms with van der Waals surface area (Å²) in [5.74, 6) is 0.426. The molecule has 0 aliphatic rings. The number of hydrogen-bond donors (Lipinski definition) is 0. The number of rotatable bonds is 10. The van der Waals surface area contributed by atoms with Crippen LogP contribution in [0.15, 0.2) is 30.3 Å². The molecule has 1 aromatic carbocycles. The lowest BCUT2D eigenvalue weighted by molar-refractivity contribution is -0.108. The lowest BCUT2D eigenvalue weighted by atomic mass is 9.90. The molecular formula is C17H26O. The highest BCUT2D eigenvalue weighted by Crippen LogP contribution is 2.25. The van der Waals surface area contributed by atoms with Crippen molar-refractivity contribution >= 4 is 6.29 Å². The van der Waals surface area contributed by atoms with Gasteiger partial charge in [-0.05, 0) is 17.9 Å². The maximum atomic E-state index is 10.8. The van der Waals surface area contributed by atoms with Gasteiger partial charge in [0.05, 0.1) is 0 Å². The topological polar surface area (TPSA) is 17.1 Å². The quantitative estimate of drug-likeness (QED) is 0.414. The van der Waals surface area contributed by atoms with Crippen molar-refractivity contribution in [1.29, 1.82) is 0 Å². The van der Waals surface area contributed by atoms with Crippen molar-refractivity contribution in [3.8, 4) is 0 Å². The van der Waals surface area contributed by atoms with Crippen molar-refractivity contribution in [3.05, 3.63) is 35.9 Å². The SMILES string of the molecule is CCCCCCCCC(CC=O)c1ccccc1. The number of hydrogen-bond acceptors (Lipinski definition) is 1. The Morgan fingerprint density at radius 1 is 1.00 bits per heavy atom. The molecule has 0 radical (unpaired) electrons. The molecule has 0 saturated carbocycles. The molecule has 1 atom stereocenters. The average Bonchev–Trinajstić information content (AvgIpc) is 2.42. The van der Waals surface area contributed by atoms with Crippen LogP contribution in [0, 0.1) is 0 Å². The average molecular weight is 246 g/mol. The third kappa shape index (κ3) is 6.00. The fourth-order valence-electron chi connectivity index (χ4n) is 2.43. The molecule has 1 unspecified atom stereocenters. The van der Waals surface area contributed by atoms with Gasteiger partial charge in [-0.3, -0.25) is 0 Å². The summed E-state index contributed by atoms with van der Waals surface area (Å²) >= 11 is 0. The molecule has 0 bridgehead atoms. The molecule has 0 aromatic heterocycles. The molecule has 1 nitrogen and oxygen atoms in total. The fourth-order valence-corrected chi connectivity index (χ4v) is 2.43. The Kier molecular flexibility index (Phi) is 8.20. The molecule has 0 saturated heterocycles. The van der Waals surface area contributed by atoms with Gasteiger partial charge >= 0.3 is 0 Å². The molecule has 0 aliphatic carbocycles. The van der Waals surface area contributed by atoms with Crippen LogP contribution in [-0.2, 0) is 4.79 Å². The number of carbonyl (C=O) groups is 1. The lowest BCUT2D eigenvalue weighted by Gasteiger charge is -2.14. The van der Waals surface area contributed by atoms with Crippen LogP contribution >= 0.6 is 0 Å². The maximum absolute atomic E-state index is 10.8. The van der Waals surface area contributed by atoms with E-state index in [-0.39, 0.29) is 0 Å². The normalized spacial score (nSPS) is 12.3. The van der Waals surface area contributed by atoms with Gasteiger partial charge < -0.3 is 4.79 Å². The second kappa shape index (κ2) is 9.87. The molecule has 18 heavy (non-hydrogen) atoms. The van der Waals surface area contributed by atoms with Crippen LogP contribution in [0.1, 0.15) is 69.8 Å². The number of unbranched alkanes of at least 4 members (excludes halogenated alkanes) is 5. The summed E-state index contributed by atoms with van der Waals surface area (Å²) in [4.78, 5) is 10.8. The van der Waals surface area contributed by atoms with Gasteiger partial charge in [0.1, 0.15) is 6.29 Å². The molecule has 1 aromatic rings. The van der Waals surface area contributed by atoms with E-state index in [9.17, 15) is 4.79 Å². The Hall–Kier alpha value is -1.11. The predicted molar refractivity (Wildman–Crippen MR) is 77.9 cm³/mol. The Balaban J connectivity index is 2.28. The van der Waals surface area contributed by atoms with Gasteiger partial charge in [0.15, 0.2) is 0 Å². The Bertz CT molecular complexity index is 305. The molecule has 1 rings (SSSR count). The second-order valence-corrected chi connectivity index (χ2v) is 5.07. The van der Waals surface area contributed by atoms with Gasteiger partial charge in [-0.1, -0.05) is 75.8 Å². The van der Waals surface area contributed by atoms with Crippen LogP contribution in [0.3, 0.4) is 0 Å². The largest absolute Gasteiger partial charge is 0.303 e. The zero-order valence-corrected chi connectivity index (χ0v) is 11.6. The minimum atomic E-state index is 0.426. The van der Waals surface area contributed by atoms with E-state index in [1.807, 2.05) is 6.07 Å². The van der Waals surface area contributed by atoms with Crippen molar-refractivity contribution in [1.82, 2.24) is 0 Å². The van der Waals surface area contributed by atoms with Gasteiger partial charge in [-0.25, -0.2) is 0 Å². The Morgan fingerprint density at radius 2 is 1.67 bits per heavy atom. The minimum absolute atomic E-state index is 0.426. The van der Waals surface area contributed by atoms with E-state index in [2.05, 4.69) is 31.2 Å². The summed E-state index contributed by atoms with van der Waals surface area (Å²) in [5, 5.41) is 0. The summed E-state index contributed by atoms with van der Waals surface area (Å²) in [6.45, 7) is 2.25. The molecule has 0 fully saturated rings. The standard InChI is InChI=1S/C17H26O/c1-2-3-4-5-6-8-13-17(14-15-18)16-11-9-7-10-12-16/h7,9-12,15,17H,2-6,8,13-14H2,1H3. The van der Waals surface area contributed by atoms with E-state index >= 15 is 0 Å². The van der Waals surface area contributed by atoms with E-state index in [1.165, 1.54) is 44.1 Å². The first-order valence-electron chi connectivity index (χ1n) is 7.37. The summed E-state index contributed by atoms with van der Waals surface area (Å²) in [6, 6.07) is 10.4. The van der Waals surface area contributed by atoms with Crippen molar-refractivity contribution < 1.29 is 4.79 Å². The van der Waals surface area contributed by atoms with Crippen LogP contribution in [0.4, 0.5) is 0 Å². The number of benzene rings is 1. The third-order valence-electron chi connectivity index (χ3n) is 3.56. The van der Waals surface area contributed by atoms with Crippen molar-refractivity contribution in [2.24, 2.45) is 0 Å². The van der Waals surface area contributed by atoms with Crippen molar-refractivity contribution in [3.63, 3.8) is 0 Å². The Morgan fingerprint density at radius 3 is 2.33 bits per heavy atom. The number of aldehydes is 1. The Labute approximate surface area is 112 Å². The van der Waals surface area contributed by atoms with Crippen LogP contribution in [0.2, 0.25) is 0 Å². The molecule has 1 heteroatoms. The fraction of sp³-hybridized carbons (Fsp3) is 0.588. The molecule has 0 heterocycles. The highest BCUT2D eigenvalue weighted by Gasteiger charge is 2.09. The zero-order chi connectivity index (χ0) is 13.1. The highest BCUT2D eigenvalue weighted by molar-refractivity contribution is 5.51. The minimum Gasteiger partial charge on any atom is -0.303 e. The molecule has 0 amide bonds. The van der Waals surface area contributed by atoms with Gasteiger partial charge in [-0.2, -0.15) is 0 Å². The van der Waals surface area contributed by atoms with Crippen molar-refractivity contribution in [2.75, 3.05) is 0 Å². The van der Waals surface area contributed by atoms with Gasteiger partial charge in [0.2, 0.25) is 0 Å². The van der Waals surface area contributed by atoms with E-state index in [0.29, 0.717) is 12.3 Å². The molecule has 0 aliphatic heterocycles. The lowest BCUT2D eigenvalue weighted by Crippen LogP contribution is -1.99. The van der Waals surface area contributed by atoms with Gasteiger partial charge in [-0.15, -0.1) is 0 Å². The van der Waals surface area contributed by atoms with E-state index < -0.39 is 0 Å². The predicted octanol–water partition coefficient (Wildman–Crippen LogP) is 5.11. The van der Waals surface area contributed by atoms with Crippen LogP contribution in [0.5, 0.6) is 0 Å². The zero-order valence-electron chi connectivity index (χ0n) is 11.6. The summed E-state index contributed by atoms with van der Waals surface area (Å²) < 4.78 is 0. The van der Waals surface area contributed by atoms with E-state index in [0.717, 1.165) is 12.7 Å². The van der Waals surface area contributed by atoms with Crippen LogP contribution < -0.4 is 0 Å². The first-order chi connectivity index (χ1) is 8.88. The van der Waals surface area contributed by atoms with E-state index in [4.69, 9.17) is 0 Å². The molecule has 0 N–H and O–H groups in total. The molecule has 100 valence electrons. The van der Waals surface area contributed by atoms with Crippen LogP contribution in [0.25, 0.3) is 0 Å². The maximum Gasteiger partial charge on any atom is 0.120 e. The first kappa shape index (κ1) is 14.9. The number of carbonyl (C=O) groups excluding carboxylic acids is 1. The molecule has 0 spiro atoms. The summed E-state index contributed by atoms with van der Waals surface area (Å²) in [7, 11) is 0. The van der Waals surface area contributed by atoms with E-state index in [1.54, 1.807) is 0 Å². The monoisotopic (exact) mass is 246 g/mol. The smallest absolute Gasteiger partial charge is 0.120 e. The molecular weight excluding hydrogens is 220 g/mol. The van der Waals surface area contributed by atoms with Gasteiger partial charge in [0.25, 0.3) is 0 Å². The summed E-state index contributed by atoms with van der Waals surface area (Å²) in [5.41, 5.74) is 1.32. The van der Waals surface area contributed by atoms with Crippen LogP contribution in [-0.4, -0.2) is 6.29 Å².